The predicted octanol–water partition coefficient (Wildman–Crippen LogP) is 0.922. The molecule has 1 aromatic carbocycles. The van der Waals surface area contributed by atoms with Gasteiger partial charge < -0.3 is 19.9 Å². The molecule has 0 aliphatic rings. The number of ether oxygens (including phenoxy) is 2. The molecular formula is C11H17NO3. The lowest BCUT2D eigenvalue weighted by atomic mass is 10.1. The van der Waals surface area contributed by atoms with Crippen LogP contribution in [-0.4, -0.2) is 32.6 Å². The molecule has 0 fully saturated rings. The first-order valence-corrected chi connectivity index (χ1v) is 4.48. The van der Waals surface area contributed by atoms with Crippen molar-refractivity contribution in [3.8, 4) is 5.75 Å². The summed E-state index contributed by atoms with van der Waals surface area (Å²) in [4.78, 5) is 0. The number of rotatable bonds is 6. The minimum absolute atomic E-state index is 0.0405. The highest BCUT2D eigenvalue weighted by atomic mass is 16.7. The van der Waals surface area contributed by atoms with Crippen molar-refractivity contribution in [3.63, 3.8) is 0 Å². The quantitative estimate of drug-likeness (QED) is 0.691. The summed E-state index contributed by atoms with van der Waals surface area (Å²) in [5, 5.41) is 12.3. The first-order valence-electron chi connectivity index (χ1n) is 5.98. The molecule has 0 bridgehead atoms. The standard InChI is InChI=1S/C11H17NO3/c1-12-7-11(13)9-4-3-5-10(6-9)15-8-14-2/h3-6,11-13H,7-8H2,1-2H3/i7D2,11D. The Hall–Kier alpha value is -1.10. The minimum atomic E-state index is -2.42. The molecule has 0 aromatic heterocycles. The van der Waals surface area contributed by atoms with E-state index in [1.807, 2.05) is 0 Å². The summed E-state index contributed by atoms with van der Waals surface area (Å²) >= 11 is 0. The van der Waals surface area contributed by atoms with E-state index in [2.05, 4.69) is 5.32 Å². The summed E-state index contributed by atoms with van der Waals surface area (Å²) < 4.78 is 32.8. The fourth-order valence-corrected chi connectivity index (χ4v) is 1.05. The van der Waals surface area contributed by atoms with E-state index in [-0.39, 0.29) is 12.4 Å². The van der Waals surface area contributed by atoms with Crippen LogP contribution in [0, 0.1) is 0 Å². The highest BCUT2D eigenvalue weighted by molar-refractivity contribution is 5.29. The normalized spacial score (nSPS) is 18.5. The van der Waals surface area contributed by atoms with Crippen molar-refractivity contribution in [3.05, 3.63) is 29.8 Å². The number of methoxy groups -OCH3 is 1. The predicted molar refractivity (Wildman–Crippen MR) is 57.8 cm³/mol. The summed E-state index contributed by atoms with van der Waals surface area (Å²) in [5.41, 5.74) is 0.0930. The molecule has 4 heteroatoms. The van der Waals surface area contributed by atoms with E-state index in [4.69, 9.17) is 13.6 Å². The molecule has 0 saturated carbocycles. The van der Waals surface area contributed by atoms with Crippen LogP contribution in [0.4, 0.5) is 0 Å². The summed E-state index contributed by atoms with van der Waals surface area (Å²) in [7, 11) is 2.81. The monoisotopic (exact) mass is 214 g/mol. The Morgan fingerprint density at radius 3 is 3.13 bits per heavy atom. The molecule has 84 valence electrons. The van der Waals surface area contributed by atoms with E-state index >= 15 is 0 Å². The van der Waals surface area contributed by atoms with E-state index < -0.39 is 12.6 Å². The molecule has 0 radical (unpaired) electrons. The Bertz CT molecular complexity index is 399. The zero-order valence-corrected chi connectivity index (χ0v) is 8.78. The van der Waals surface area contributed by atoms with Crippen LogP contribution in [0.25, 0.3) is 0 Å². The molecule has 1 atom stereocenters. The molecule has 0 amide bonds. The van der Waals surface area contributed by atoms with Crippen molar-refractivity contribution in [2.75, 3.05) is 27.4 Å². The fraction of sp³-hybridized carbons (Fsp3) is 0.455. The number of benzene rings is 1. The molecule has 1 rings (SSSR count). The van der Waals surface area contributed by atoms with E-state index in [0.29, 0.717) is 5.75 Å². The molecule has 2 N–H and O–H groups in total. The van der Waals surface area contributed by atoms with Gasteiger partial charge in [0.1, 0.15) is 5.75 Å². The minimum Gasteiger partial charge on any atom is -0.468 e. The van der Waals surface area contributed by atoms with Gasteiger partial charge in [0.05, 0.1) is 7.45 Å². The zero-order chi connectivity index (χ0) is 13.8. The highest BCUT2D eigenvalue weighted by Crippen LogP contribution is 2.18. The lowest BCUT2D eigenvalue weighted by Crippen LogP contribution is -2.16. The van der Waals surface area contributed by atoms with Crippen molar-refractivity contribution in [1.82, 2.24) is 5.32 Å². The number of hydrogen-bond acceptors (Lipinski definition) is 4. The van der Waals surface area contributed by atoms with Crippen LogP contribution < -0.4 is 10.1 Å². The van der Waals surface area contributed by atoms with Crippen LogP contribution in [0.1, 0.15) is 15.8 Å². The van der Waals surface area contributed by atoms with Gasteiger partial charge in [-0.1, -0.05) is 12.1 Å². The van der Waals surface area contributed by atoms with Crippen molar-refractivity contribution >= 4 is 0 Å². The number of nitrogens with one attached hydrogen (secondary N) is 1. The Morgan fingerprint density at radius 2 is 2.47 bits per heavy atom. The summed E-state index contributed by atoms with van der Waals surface area (Å²) in [6.45, 7) is -2.24. The maximum Gasteiger partial charge on any atom is 0.188 e. The zero-order valence-electron chi connectivity index (χ0n) is 11.8. The van der Waals surface area contributed by atoms with Crippen molar-refractivity contribution in [2.45, 2.75) is 6.08 Å². The first kappa shape index (κ1) is 8.10. The molecule has 0 spiro atoms. The molecule has 1 aromatic rings. The Balaban J connectivity index is 3.02. The lowest BCUT2D eigenvalue weighted by Gasteiger charge is -2.12. The summed E-state index contributed by atoms with van der Waals surface area (Å²) in [6.07, 6.45) is -2.42. The van der Waals surface area contributed by atoms with Crippen molar-refractivity contribution < 1.29 is 18.7 Å². The van der Waals surface area contributed by atoms with Gasteiger partial charge in [-0.05, 0) is 24.7 Å². The maximum atomic E-state index is 10.0. The highest BCUT2D eigenvalue weighted by Gasteiger charge is 2.06. The average molecular weight is 214 g/mol. The summed E-state index contributed by atoms with van der Waals surface area (Å²) in [6, 6.07) is 6.07. The molecule has 0 aliphatic carbocycles. The topological polar surface area (TPSA) is 50.7 Å². The van der Waals surface area contributed by atoms with E-state index in [1.165, 1.54) is 26.3 Å². The largest absolute Gasteiger partial charge is 0.468 e. The SMILES string of the molecule is [2H]C([2H])(NC)C([2H])(O)c1cccc(OCOC)c1. The molecule has 15 heavy (non-hydrogen) atoms. The Morgan fingerprint density at radius 1 is 1.67 bits per heavy atom. The van der Waals surface area contributed by atoms with Gasteiger partial charge in [0.25, 0.3) is 0 Å². The van der Waals surface area contributed by atoms with Gasteiger partial charge in [-0.2, -0.15) is 0 Å². The summed E-state index contributed by atoms with van der Waals surface area (Å²) in [5.74, 6) is 0.395. The molecule has 0 saturated heterocycles. The number of likely N-dealkylation sites (N-methyl/N-ethyl adjacent to an activating group) is 1. The Labute approximate surface area is 94.0 Å². The van der Waals surface area contributed by atoms with Crippen molar-refractivity contribution in [2.24, 2.45) is 0 Å². The van der Waals surface area contributed by atoms with Gasteiger partial charge in [-0.3, -0.25) is 0 Å². The Kier molecular flexibility index (Phi) is 3.45. The van der Waals surface area contributed by atoms with E-state index in [1.54, 1.807) is 12.1 Å². The first-order chi connectivity index (χ1) is 8.35. The van der Waals surface area contributed by atoms with Crippen LogP contribution in [0.15, 0.2) is 24.3 Å². The van der Waals surface area contributed by atoms with Crippen LogP contribution in [-0.2, 0) is 4.74 Å². The van der Waals surface area contributed by atoms with E-state index in [9.17, 15) is 5.11 Å². The third kappa shape index (κ3) is 3.87. The molecule has 1 unspecified atom stereocenters. The second kappa shape index (κ2) is 6.40. The maximum absolute atomic E-state index is 10.0. The van der Waals surface area contributed by atoms with Gasteiger partial charge in [-0.15, -0.1) is 0 Å². The number of hydrogen-bond donors (Lipinski definition) is 2. The smallest absolute Gasteiger partial charge is 0.188 e. The second-order valence-electron chi connectivity index (χ2n) is 2.80. The van der Waals surface area contributed by atoms with Crippen LogP contribution in [0.2, 0.25) is 0 Å². The van der Waals surface area contributed by atoms with Gasteiger partial charge >= 0.3 is 0 Å². The van der Waals surface area contributed by atoms with Crippen LogP contribution in [0.5, 0.6) is 5.75 Å². The lowest BCUT2D eigenvalue weighted by molar-refractivity contribution is 0.0508. The van der Waals surface area contributed by atoms with Crippen LogP contribution >= 0.6 is 0 Å². The second-order valence-corrected chi connectivity index (χ2v) is 2.80. The molecular weight excluding hydrogens is 194 g/mol. The van der Waals surface area contributed by atoms with Gasteiger partial charge in [0, 0.05) is 16.3 Å². The molecule has 0 heterocycles. The van der Waals surface area contributed by atoms with Gasteiger partial charge in [-0.25, -0.2) is 0 Å². The van der Waals surface area contributed by atoms with Crippen molar-refractivity contribution in [1.29, 1.82) is 0 Å². The molecule has 4 nitrogen and oxygen atoms in total. The number of aliphatic hydroxyl groups is 1. The average Bonchev–Trinajstić information content (AvgIpc) is 2.36. The molecule has 0 aliphatic heterocycles. The van der Waals surface area contributed by atoms with E-state index in [0.717, 1.165) is 0 Å². The fourth-order valence-electron chi connectivity index (χ4n) is 1.05. The van der Waals surface area contributed by atoms with Crippen LogP contribution in [0.3, 0.4) is 0 Å². The third-order valence-electron chi connectivity index (χ3n) is 1.69. The van der Waals surface area contributed by atoms with Gasteiger partial charge in [0.2, 0.25) is 0 Å². The third-order valence-corrected chi connectivity index (χ3v) is 1.69. The van der Waals surface area contributed by atoms with Gasteiger partial charge in [0.15, 0.2) is 6.79 Å².